The summed E-state index contributed by atoms with van der Waals surface area (Å²) in [5.74, 6) is -0.899. The highest BCUT2D eigenvalue weighted by atomic mass is 32.1. The molecule has 10 heterocycles. The van der Waals surface area contributed by atoms with Gasteiger partial charge in [-0.1, -0.05) is 130 Å². The molecule has 10 aromatic rings. The first kappa shape index (κ1) is 88.9. The van der Waals surface area contributed by atoms with Crippen molar-refractivity contribution in [1.29, 1.82) is 0 Å². The molecule has 0 spiro atoms. The smallest absolute Gasteiger partial charge is 0.436 e. The summed E-state index contributed by atoms with van der Waals surface area (Å²) >= 11 is 2.79. The highest BCUT2D eigenvalue weighted by molar-refractivity contribution is 7.13. The van der Waals surface area contributed by atoms with E-state index in [9.17, 15) is 28.8 Å². The number of guanidine groups is 1. The zero-order valence-electron chi connectivity index (χ0n) is 70.6. The second kappa shape index (κ2) is 38.9. The second-order valence-corrected chi connectivity index (χ2v) is 51.8. The van der Waals surface area contributed by atoms with E-state index >= 15 is 0 Å². The highest BCUT2D eigenvalue weighted by Gasteiger charge is 2.39. The zero-order valence-corrected chi connectivity index (χ0v) is 75.2. The van der Waals surface area contributed by atoms with Gasteiger partial charge in [0.15, 0.2) is 40.2 Å². The number of aliphatic imine (C=N–C) groups is 2. The monoisotopic (exact) mass is 1720 g/mol. The Bertz CT molecular complexity index is 5230. The number of aryl methyl sites for hydroxylation is 3. The molecule has 8 atom stereocenters. The van der Waals surface area contributed by atoms with Gasteiger partial charge < -0.3 is 76.0 Å². The zero-order chi connectivity index (χ0) is 85.8. The largest absolute Gasteiger partial charge is 0.470 e. The quantitative estimate of drug-likeness (QED) is 0.00603. The molecule has 119 heavy (non-hydrogen) atoms. The van der Waals surface area contributed by atoms with E-state index in [0.29, 0.717) is 71.7 Å². The molecule has 0 bridgehead atoms. The predicted octanol–water partition coefficient (Wildman–Crippen LogP) is 15.2. The fraction of sp³-hybridized carbons (Fsp3) is 0.487. The van der Waals surface area contributed by atoms with E-state index in [0.717, 1.165) is 28.7 Å². The minimum atomic E-state index is -1.50. The number of nitrogens with zero attached hydrogens (tertiary/aromatic N) is 12. The summed E-state index contributed by atoms with van der Waals surface area (Å²) < 4.78 is 64.5. The van der Waals surface area contributed by atoms with Crippen molar-refractivity contribution in [2.45, 2.75) is 201 Å². The third-order valence-corrected chi connectivity index (χ3v) is 26.5. The third kappa shape index (κ3) is 23.8. The van der Waals surface area contributed by atoms with Crippen LogP contribution in [-0.4, -0.2) is 186 Å². The number of ether oxygens (including phenoxy) is 4. The van der Waals surface area contributed by atoms with Crippen molar-refractivity contribution < 1.29 is 78.6 Å². The third-order valence-electron chi connectivity index (χ3n) is 19.6. The average molecular weight is 1730 g/mol. The minimum absolute atomic E-state index is 0.0131. The van der Waals surface area contributed by atoms with E-state index in [1.807, 2.05) is 77.5 Å². The number of nitrogens with one attached hydrogen (secondary N) is 5. The summed E-state index contributed by atoms with van der Waals surface area (Å²) in [5.41, 5.74) is 3.29. The Hall–Kier alpha value is -10.9. The van der Waals surface area contributed by atoms with Gasteiger partial charge in [0.05, 0.1) is 25.9 Å². The molecule has 11 rings (SSSR count). The van der Waals surface area contributed by atoms with Gasteiger partial charge in [0.1, 0.15) is 93.7 Å². The SMILES string of the molecule is CC[C@H](C)[C@H](NC(=O)c1nc(-c2nc(-c3csc(-c4nc(-c5csc([C@H](CCCN/C(=N\C(=O)OCC[Si](C)(C)C)NC(=O)OCC[Si](C)(C)C)N(C)C)n5)oc4C)n3)oc2C)oc1C)C(=O)N[C@H](c1nc(-c2nc(-c3nc(-c4nc(C5=N[C@H](C(=O)N[C@@H](Cc6ccccc6)C(=O)OCC[Si](C)(C)C)[C@@H](C)O5)co4)co3)co2)co1)[C@@H](C)CC. The van der Waals surface area contributed by atoms with Crippen LogP contribution in [0.2, 0.25) is 77.1 Å². The molecule has 0 radical (unpaired) electrons. The van der Waals surface area contributed by atoms with Crippen LogP contribution < -0.4 is 26.6 Å². The van der Waals surface area contributed by atoms with Gasteiger partial charge in [-0.3, -0.25) is 19.7 Å². The Morgan fingerprint density at radius 3 is 1.79 bits per heavy atom. The summed E-state index contributed by atoms with van der Waals surface area (Å²) in [5, 5.41) is 19.6. The number of aromatic nitrogens is 9. The van der Waals surface area contributed by atoms with Crippen LogP contribution in [0.4, 0.5) is 9.59 Å². The number of hydrogen-bond donors (Lipinski definition) is 5. The fourth-order valence-electron chi connectivity index (χ4n) is 12.1. The van der Waals surface area contributed by atoms with Crippen molar-refractivity contribution in [3.63, 3.8) is 0 Å². The number of rotatable bonds is 37. The van der Waals surface area contributed by atoms with E-state index in [1.54, 1.807) is 33.1 Å². The Morgan fingerprint density at radius 2 is 1.16 bits per heavy atom. The number of thiazole rings is 2. The van der Waals surface area contributed by atoms with Gasteiger partial charge in [0.25, 0.3) is 5.91 Å². The lowest BCUT2D eigenvalue weighted by Gasteiger charge is -2.27. The predicted molar refractivity (Wildman–Crippen MR) is 453 cm³/mol. The molecular weight excluding hydrogens is 1620 g/mol. The van der Waals surface area contributed by atoms with E-state index in [-0.39, 0.29) is 131 Å². The van der Waals surface area contributed by atoms with Gasteiger partial charge in [-0.15, -0.1) is 27.7 Å². The first-order valence-corrected chi connectivity index (χ1v) is 52.5. The topological polar surface area (TPSA) is 435 Å². The van der Waals surface area contributed by atoms with Gasteiger partial charge in [-0.05, 0) is 90.2 Å². The summed E-state index contributed by atoms with van der Waals surface area (Å²) in [7, 11) is -0.485. The lowest BCUT2D eigenvalue weighted by Crippen LogP contribution is -2.51. The number of hydrogen-bond acceptors (Lipinski definition) is 30. The van der Waals surface area contributed by atoms with E-state index in [1.165, 1.54) is 47.7 Å². The molecule has 0 saturated carbocycles. The van der Waals surface area contributed by atoms with Crippen LogP contribution in [0.5, 0.6) is 0 Å². The van der Waals surface area contributed by atoms with Crippen molar-refractivity contribution in [3.8, 4) is 80.2 Å². The molecule has 0 aliphatic carbocycles. The van der Waals surface area contributed by atoms with E-state index in [2.05, 4.69) is 120 Å². The van der Waals surface area contributed by atoms with Gasteiger partial charge in [-0.2, -0.15) is 0 Å². The maximum Gasteiger partial charge on any atom is 0.436 e. The lowest BCUT2D eigenvalue weighted by atomic mass is 9.95. The number of oxazole rings is 7. The van der Waals surface area contributed by atoms with Crippen LogP contribution >= 0.6 is 22.7 Å². The molecule has 1 aliphatic heterocycles. The molecule has 636 valence electrons. The minimum Gasteiger partial charge on any atom is -0.470 e. The van der Waals surface area contributed by atoms with Crippen molar-refractivity contribution in [3.05, 3.63) is 111 Å². The van der Waals surface area contributed by atoms with Crippen molar-refractivity contribution in [2.75, 3.05) is 40.5 Å². The van der Waals surface area contributed by atoms with Crippen LogP contribution in [0.3, 0.4) is 0 Å². The molecule has 1 aromatic carbocycles. The summed E-state index contributed by atoms with van der Waals surface area (Å²) in [6.07, 6.45) is 5.72. The van der Waals surface area contributed by atoms with Crippen LogP contribution in [0.25, 0.3) is 80.2 Å². The van der Waals surface area contributed by atoms with E-state index in [4.69, 9.17) is 74.8 Å². The van der Waals surface area contributed by atoms with Crippen LogP contribution in [-0.2, 0) is 39.8 Å². The molecular formula is C80H105N17O17S2Si3. The Balaban J connectivity index is 0.690. The van der Waals surface area contributed by atoms with Crippen LogP contribution in [0.1, 0.15) is 122 Å². The Labute approximate surface area is 700 Å². The number of alkyl carbamates (subject to hydrolysis) is 1. The van der Waals surface area contributed by atoms with Crippen molar-refractivity contribution >= 4 is 94.6 Å². The molecule has 1 aliphatic rings. The summed E-state index contributed by atoms with van der Waals surface area (Å²) in [4.78, 5) is 135. The maximum atomic E-state index is 14.6. The summed E-state index contributed by atoms with van der Waals surface area (Å²) in [6, 6.07) is 7.82. The van der Waals surface area contributed by atoms with Crippen molar-refractivity contribution in [1.82, 2.24) is 76.3 Å². The second-order valence-electron chi connectivity index (χ2n) is 33.2. The Kier molecular flexibility index (Phi) is 29.1. The molecule has 0 saturated heterocycles. The molecule has 0 fully saturated rings. The molecule has 5 amide bonds. The maximum absolute atomic E-state index is 14.6. The molecule has 39 heteroatoms. The Morgan fingerprint density at radius 1 is 0.597 bits per heavy atom. The van der Waals surface area contributed by atoms with Crippen LogP contribution in [0.15, 0.2) is 107 Å². The van der Waals surface area contributed by atoms with Crippen LogP contribution in [0, 0.1) is 32.6 Å². The highest BCUT2D eigenvalue weighted by Crippen LogP contribution is 2.38. The molecule has 34 nitrogen and oxygen atoms in total. The number of benzene rings is 1. The molecule has 9 aromatic heterocycles. The lowest BCUT2D eigenvalue weighted by molar-refractivity contribution is -0.147. The normalized spacial score (nSPS) is 15.5. The summed E-state index contributed by atoms with van der Waals surface area (Å²) in [6.45, 7) is 35.3. The number of esters is 1. The first-order valence-electron chi connectivity index (χ1n) is 39.6. The first-order chi connectivity index (χ1) is 56.5. The van der Waals surface area contributed by atoms with E-state index < -0.39 is 90.4 Å². The molecule has 0 unspecified atom stereocenters. The number of amides is 5. The number of carbonyl (C=O) groups excluding carboxylic acids is 6. The molecule has 5 N–H and O–H groups in total. The fourth-order valence-corrected chi connectivity index (χ4v) is 16.1. The standard InChI is InChI=1S/C80H105N17O17S2Si3/c1-20-43(3)58(64(98)90-59(44(4)21-2)73-86-53(39-110-73)69-84-51(37-108-69)67-83-52(38-107-67)68-85-54(40-109-68)70-91-60(45(5)111-70)65(99)82-50(36-49-26-23-22-24-27-49)77(101)104-30-33-117(11,12)13)89-66(100)61-46(6)114-74(92-61)62-47(7)112-71(93-62)56-42-116-76(88-56)63-48(8)113-72(94-63)55-41-115-75(87-55)57(97(9)10)28-25-29-81-78(95-79(102)105-31-34-118(14,15)16)96-80(103)106-32-35-119(17,18)19/h22-24,26-27,37-45,50,57-60H,20-21,25,28-36H2,1-19H3,(H,82,99)(H,89,100)(H,90,98)(H2,81,95,96,102,103)/t43-,44-,45+,50-,57-,58-,59-,60-/m0/s1. The van der Waals surface area contributed by atoms with Gasteiger partial charge >= 0.3 is 18.2 Å². The van der Waals surface area contributed by atoms with Gasteiger partial charge in [0.2, 0.25) is 64.9 Å². The number of carbonyl (C=O) groups is 6. The van der Waals surface area contributed by atoms with Gasteiger partial charge in [0, 0.05) is 47.9 Å². The average Bonchev–Trinajstić information content (AvgIpc) is 1.65. The van der Waals surface area contributed by atoms with Crippen molar-refractivity contribution in [2.24, 2.45) is 21.8 Å². The van der Waals surface area contributed by atoms with Gasteiger partial charge in [-0.25, -0.2) is 64.2 Å².